The largest absolute Gasteiger partial charge is 0.478 e. The van der Waals surface area contributed by atoms with Crippen LogP contribution in [0.3, 0.4) is 0 Å². The van der Waals surface area contributed by atoms with Crippen LogP contribution < -0.4 is 4.90 Å². The summed E-state index contributed by atoms with van der Waals surface area (Å²) in [5, 5.41) is 9.36. The van der Waals surface area contributed by atoms with E-state index in [0.29, 0.717) is 17.4 Å². The van der Waals surface area contributed by atoms with Crippen LogP contribution in [0.15, 0.2) is 6.07 Å². The molecule has 1 aromatic rings. The van der Waals surface area contributed by atoms with E-state index in [2.05, 4.69) is 4.98 Å². The summed E-state index contributed by atoms with van der Waals surface area (Å²) in [5.41, 5.74) is 1.98. The van der Waals surface area contributed by atoms with E-state index in [9.17, 15) is 9.90 Å². The summed E-state index contributed by atoms with van der Waals surface area (Å²) in [6.45, 7) is 3.73. The van der Waals surface area contributed by atoms with E-state index in [0.717, 1.165) is 29.2 Å². The van der Waals surface area contributed by atoms with Crippen LogP contribution in [-0.4, -0.2) is 40.7 Å². The molecule has 0 saturated carbocycles. The van der Waals surface area contributed by atoms with Crippen LogP contribution in [0.4, 0.5) is 5.82 Å². The van der Waals surface area contributed by atoms with Gasteiger partial charge in [0.05, 0.1) is 0 Å². The normalized spacial score (nSPS) is 18.9. The minimum absolute atomic E-state index is 0.333. The first kappa shape index (κ1) is 13.2. The van der Waals surface area contributed by atoms with Crippen molar-refractivity contribution in [1.29, 1.82) is 0 Å². The molecule has 5 heteroatoms. The third-order valence-corrected chi connectivity index (χ3v) is 4.47. The number of aromatic carboxylic acids is 1. The van der Waals surface area contributed by atoms with E-state index in [1.165, 1.54) is 0 Å². The highest BCUT2D eigenvalue weighted by atomic mass is 32.2. The second kappa shape index (κ2) is 5.18. The van der Waals surface area contributed by atoms with Gasteiger partial charge in [-0.25, -0.2) is 9.78 Å². The number of rotatable bonds is 3. The van der Waals surface area contributed by atoms with Gasteiger partial charge < -0.3 is 10.0 Å². The number of hydrogen-bond donors (Lipinski definition) is 1. The Kier molecular flexibility index (Phi) is 3.80. The van der Waals surface area contributed by atoms with Crippen molar-refractivity contribution in [3.05, 3.63) is 22.9 Å². The lowest BCUT2D eigenvalue weighted by Crippen LogP contribution is -2.33. The molecule has 0 aliphatic carbocycles. The van der Waals surface area contributed by atoms with Crippen LogP contribution in [-0.2, 0) is 0 Å². The van der Waals surface area contributed by atoms with Gasteiger partial charge in [-0.2, -0.15) is 11.8 Å². The van der Waals surface area contributed by atoms with Crippen LogP contribution in [0.25, 0.3) is 0 Å². The number of aromatic nitrogens is 1. The molecule has 1 aliphatic heterocycles. The van der Waals surface area contributed by atoms with E-state index in [1.54, 1.807) is 0 Å². The molecule has 1 saturated heterocycles. The van der Waals surface area contributed by atoms with Gasteiger partial charge in [-0.05, 0) is 37.7 Å². The number of thioether (sulfide) groups is 1. The summed E-state index contributed by atoms with van der Waals surface area (Å²) in [6.07, 6.45) is 1.09. The Labute approximate surface area is 111 Å². The average molecular weight is 266 g/mol. The van der Waals surface area contributed by atoms with Crippen molar-refractivity contribution in [1.82, 2.24) is 4.98 Å². The first-order valence-corrected chi connectivity index (χ1v) is 7.18. The lowest BCUT2D eigenvalue weighted by molar-refractivity contribution is 0.0696. The SMILES string of the molecule is Cc1cc(C)c(C(=O)O)c(N(C)C2CCSC2)n1. The summed E-state index contributed by atoms with van der Waals surface area (Å²) in [7, 11) is 1.95. The Morgan fingerprint density at radius 2 is 2.28 bits per heavy atom. The number of pyridine rings is 1. The zero-order chi connectivity index (χ0) is 13.3. The smallest absolute Gasteiger partial charge is 0.339 e. The number of anilines is 1. The predicted molar refractivity (Wildman–Crippen MR) is 74.8 cm³/mol. The molecule has 4 nitrogen and oxygen atoms in total. The van der Waals surface area contributed by atoms with Crippen LogP contribution >= 0.6 is 11.8 Å². The molecule has 18 heavy (non-hydrogen) atoms. The van der Waals surface area contributed by atoms with Gasteiger partial charge in [0, 0.05) is 24.5 Å². The van der Waals surface area contributed by atoms with Crippen molar-refractivity contribution in [2.45, 2.75) is 26.3 Å². The van der Waals surface area contributed by atoms with Gasteiger partial charge in [0.25, 0.3) is 0 Å². The van der Waals surface area contributed by atoms with Gasteiger partial charge >= 0.3 is 5.97 Å². The van der Waals surface area contributed by atoms with Gasteiger partial charge in [-0.1, -0.05) is 0 Å². The second-order valence-corrected chi connectivity index (χ2v) is 5.86. The number of carboxylic acids is 1. The molecule has 0 spiro atoms. The minimum Gasteiger partial charge on any atom is -0.478 e. The van der Waals surface area contributed by atoms with Gasteiger partial charge in [-0.3, -0.25) is 0 Å². The summed E-state index contributed by atoms with van der Waals surface area (Å²) in [5.74, 6) is 1.90. The van der Waals surface area contributed by atoms with Gasteiger partial charge in [-0.15, -0.1) is 0 Å². The summed E-state index contributed by atoms with van der Waals surface area (Å²) in [4.78, 5) is 17.9. The van der Waals surface area contributed by atoms with Crippen LogP contribution in [0.5, 0.6) is 0 Å². The van der Waals surface area contributed by atoms with E-state index < -0.39 is 5.97 Å². The zero-order valence-corrected chi connectivity index (χ0v) is 11.8. The van der Waals surface area contributed by atoms with Gasteiger partial charge in [0.2, 0.25) is 0 Å². The maximum absolute atomic E-state index is 11.4. The number of nitrogens with zero attached hydrogens (tertiary/aromatic N) is 2. The van der Waals surface area contributed by atoms with Crippen molar-refractivity contribution < 1.29 is 9.90 Å². The molecule has 1 fully saturated rings. The highest BCUT2D eigenvalue weighted by Crippen LogP contribution is 2.28. The standard InChI is InChI=1S/C13H18N2O2S/c1-8-6-9(2)14-12(11(8)13(16)17)15(3)10-4-5-18-7-10/h6,10H,4-5,7H2,1-3H3,(H,16,17). The molecule has 2 heterocycles. The monoisotopic (exact) mass is 266 g/mol. The number of carboxylic acid groups (broad SMARTS) is 1. The Morgan fingerprint density at radius 1 is 1.56 bits per heavy atom. The molecule has 1 unspecified atom stereocenters. The Balaban J connectivity index is 2.44. The zero-order valence-electron chi connectivity index (χ0n) is 10.9. The Morgan fingerprint density at radius 3 is 2.83 bits per heavy atom. The highest BCUT2D eigenvalue weighted by Gasteiger charge is 2.26. The molecule has 1 aliphatic rings. The van der Waals surface area contributed by atoms with Gasteiger partial charge in [0.15, 0.2) is 0 Å². The first-order chi connectivity index (χ1) is 8.50. The molecule has 2 rings (SSSR count). The van der Waals surface area contributed by atoms with Crippen molar-refractivity contribution >= 4 is 23.5 Å². The predicted octanol–water partition coefficient (Wildman–Crippen LogP) is 2.34. The molecule has 0 radical (unpaired) electrons. The van der Waals surface area contributed by atoms with Crippen molar-refractivity contribution in [2.24, 2.45) is 0 Å². The number of hydrogen-bond acceptors (Lipinski definition) is 4. The first-order valence-electron chi connectivity index (χ1n) is 6.03. The van der Waals surface area contributed by atoms with Crippen LogP contribution in [0, 0.1) is 13.8 Å². The highest BCUT2D eigenvalue weighted by molar-refractivity contribution is 7.99. The summed E-state index contributed by atoms with van der Waals surface area (Å²) < 4.78 is 0. The fourth-order valence-corrected chi connectivity index (χ4v) is 3.60. The maximum Gasteiger partial charge on any atom is 0.339 e. The summed E-state index contributed by atoms with van der Waals surface area (Å²) >= 11 is 1.91. The fourth-order valence-electron chi connectivity index (χ4n) is 2.34. The third kappa shape index (κ3) is 2.46. The van der Waals surface area contributed by atoms with E-state index >= 15 is 0 Å². The molecule has 0 aromatic carbocycles. The van der Waals surface area contributed by atoms with E-state index in [1.807, 2.05) is 43.6 Å². The molecule has 1 aromatic heterocycles. The third-order valence-electron chi connectivity index (χ3n) is 3.33. The molecule has 0 bridgehead atoms. The molecule has 0 amide bonds. The lowest BCUT2D eigenvalue weighted by atomic mass is 10.1. The van der Waals surface area contributed by atoms with Crippen molar-refractivity contribution in [3.63, 3.8) is 0 Å². The maximum atomic E-state index is 11.4. The topological polar surface area (TPSA) is 53.4 Å². The fraction of sp³-hybridized carbons (Fsp3) is 0.538. The van der Waals surface area contributed by atoms with Gasteiger partial charge in [0.1, 0.15) is 11.4 Å². The molecular weight excluding hydrogens is 248 g/mol. The second-order valence-electron chi connectivity index (χ2n) is 4.71. The molecular formula is C13H18N2O2S. The van der Waals surface area contributed by atoms with Crippen LogP contribution in [0.1, 0.15) is 28.0 Å². The minimum atomic E-state index is -0.896. The van der Waals surface area contributed by atoms with E-state index in [-0.39, 0.29) is 0 Å². The Hall–Kier alpha value is -1.23. The molecule has 1 atom stereocenters. The number of carbonyl (C=O) groups is 1. The average Bonchev–Trinajstić information content (AvgIpc) is 2.79. The Bertz CT molecular complexity index is 470. The van der Waals surface area contributed by atoms with Crippen molar-refractivity contribution in [2.75, 3.05) is 23.5 Å². The number of aryl methyl sites for hydroxylation is 2. The summed E-state index contributed by atoms with van der Waals surface area (Å²) in [6, 6.07) is 2.21. The molecule has 98 valence electrons. The lowest BCUT2D eigenvalue weighted by Gasteiger charge is -2.27. The quantitative estimate of drug-likeness (QED) is 0.910. The van der Waals surface area contributed by atoms with Crippen molar-refractivity contribution in [3.8, 4) is 0 Å². The molecule has 1 N–H and O–H groups in total. The van der Waals surface area contributed by atoms with E-state index in [4.69, 9.17) is 0 Å². The van der Waals surface area contributed by atoms with Crippen LogP contribution in [0.2, 0.25) is 0 Å².